The number of benzene rings is 1. The van der Waals surface area contributed by atoms with Crippen LogP contribution in [0.2, 0.25) is 0 Å². The van der Waals surface area contributed by atoms with Gasteiger partial charge in [-0.2, -0.15) is 11.8 Å². The molecule has 0 aliphatic heterocycles. The molecule has 1 aromatic carbocycles. The smallest absolute Gasteiger partial charge is 0.121 e. The van der Waals surface area contributed by atoms with Crippen LogP contribution in [0.4, 0.5) is 5.69 Å². The highest BCUT2D eigenvalue weighted by atomic mass is 32.2. The van der Waals surface area contributed by atoms with E-state index in [0.717, 1.165) is 30.2 Å². The molecule has 0 aliphatic carbocycles. The lowest BCUT2D eigenvalue weighted by Crippen LogP contribution is -2.09. The van der Waals surface area contributed by atoms with Crippen LogP contribution in [0, 0.1) is 0 Å². The fourth-order valence-corrected chi connectivity index (χ4v) is 2.11. The Kier molecular flexibility index (Phi) is 5.00. The number of thioether (sulfide) groups is 1. The molecule has 0 amide bonds. The van der Waals surface area contributed by atoms with Crippen LogP contribution in [0.5, 0.6) is 5.75 Å². The zero-order valence-electron chi connectivity index (χ0n) is 10.3. The first-order valence-corrected chi connectivity index (χ1v) is 6.58. The monoisotopic (exact) mass is 239 g/mol. The SMILES string of the molecule is CC(C)(C)SCCCOc1cccc(N)c1. The maximum atomic E-state index is 5.66. The predicted octanol–water partition coefficient (Wildman–Crippen LogP) is 3.57. The molecule has 0 unspecified atom stereocenters. The van der Waals surface area contributed by atoms with Crippen molar-refractivity contribution in [3.05, 3.63) is 24.3 Å². The van der Waals surface area contributed by atoms with E-state index in [1.807, 2.05) is 36.0 Å². The van der Waals surface area contributed by atoms with Gasteiger partial charge in [0.05, 0.1) is 6.61 Å². The quantitative estimate of drug-likeness (QED) is 0.630. The molecule has 0 atom stereocenters. The lowest BCUT2D eigenvalue weighted by atomic mass is 10.3. The molecular formula is C13H21NOS. The van der Waals surface area contributed by atoms with Gasteiger partial charge in [0.1, 0.15) is 5.75 Å². The summed E-state index contributed by atoms with van der Waals surface area (Å²) >= 11 is 1.97. The lowest BCUT2D eigenvalue weighted by molar-refractivity contribution is 0.319. The van der Waals surface area contributed by atoms with Crippen LogP contribution in [0.15, 0.2) is 24.3 Å². The van der Waals surface area contributed by atoms with Gasteiger partial charge in [-0.3, -0.25) is 0 Å². The summed E-state index contributed by atoms with van der Waals surface area (Å²) in [6.07, 6.45) is 1.07. The number of ether oxygens (including phenoxy) is 1. The van der Waals surface area contributed by atoms with Gasteiger partial charge in [0.2, 0.25) is 0 Å². The maximum absolute atomic E-state index is 5.66. The van der Waals surface area contributed by atoms with Gasteiger partial charge in [-0.25, -0.2) is 0 Å². The summed E-state index contributed by atoms with van der Waals surface area (Å²) in [5.41, 5.74) is 6.41. The van der Waals surface area contributed by atoms with E-state index >= 15 is 0 Å². The summed E-state index contributed by atoms with van der Waals surface area (Å²) in [6, 6.07) is 7.57. The van der Waals surface area contributed by atoms with E-state index in [2.05, 4.69) is 20.8 Å². The summed E-state index contributed by atoms with van der Waals surface area (Å²) in [5, 5.41) is 0. The number of hydrogen-bond acceptors (Lipinski definition) is 3. The van der Waals surface area contributed by atoms with Crippen LogP contribution in [0.3, 0.4) is 0 Å². The van der Waals surface area contributed by atoms with E-state index < -0.39 is 0 Å². The summed E-state index contributed by atoms with van der Waals surface area (Å²) in [7, 11) is 0. The predicted molar refractivity (Wildman–Crippen MR) is 73.2 cm³/mol. The van der Waals surface area contributed by atoms with Crippen LogP contribution in [-0.4, -0.2) is 17.1 Å². The number of rotatable bonds is 5. The third kappa shape index (κ3) is 5.91. The van der Waals surface area contributed by atoms with Gasteiger partial charge in [-0.15, -0.1) is 0 Å². The normalized spacial score (nSPS) is 11.4. The Morgan fingerprint density at radius 1 is 1.31 bits per heavy atom. The number of nitrogens with two attached hydrogens (primary N) is 1. The van der Waals surface area contributed by atoms with Crippen molar-refractivity contribution in [3.8, 4) is 5.75 Å². The highest BCUT2D eigenvalue weighted by Gasteiger charge is 2.09. The minimum atomic E-state index is 0.344. The van der Waals surface area contributed by atoms with Gasteiger partial charge in [-0.1, -0.05) is 26.8 Å². The van der Waals surface area contributed by atoms with Gasteiger partial charge in [-0.05, 0) is 24.3 Å². The summed E-state index contributed by atoms with van der Waals surface area (Å²) in [5.74, 6) is 1.99. The van der Waals surface area contributed by atoms with Crippen molar-refractivity contribution in [1.82, 2.24) is 0 Å². The lowest BCUT2D eigenvalue weighted by Gasteiger charge is -2.17. The molecule has 0 saturated carbocycles. The summed E-state index contributed by atoms with van der Waals surface area (Å²) in [6.45, 7) is 7.45. The Morgan fingerprint density at radius 3 is 2.69 bits per heavy atom. The minimum Gasteiger partial charge on any atom is -0.493 e. The standard InChI is InChI=1S/C13H21NOS/c1-13(2,3)16-9-5-8-15-12-7-4-6-11(14)10-12/h4,6-7,10H,5,8-9,14H2,1-3H3. The van der Waals surface area contributed by atoms with Gasteiger partial charge in [0, 0.05) is 16.5 Å². The second kappa shape index (κ2) is 6.04. The van der Waals surface area contributed by atoms with E-state index in [0.29, 0.717) is 4.75 Å². The Hall–Kier alpha value is -0.830. The van der Waals surface area contributed by atoms with E-state index in [4.69, 9.17) is 10.5 Å². The molecule has 0 spiro atoms. The maximum Gasteiger partial charge on any atom is 0.121 e. The molecule has 2 N–H and O–H groups in total. The second-order valence-corrected chi connectivity index (χ2v) is 6.66. The van der Waals surface area contributed by atoms with Crippen LogP contribution < -0.4 is 10.5 Å². The Morgan fingerprint density at radius 2 is 2.06 bits per heavy atom. The minimum absolute atomic E-state index is 0.344. The molecule has 0 radical (unpaired) electrons. The van der Waals surface area contributed by atoms with Gasteiger partial charge in [0.15, 0.2) is 0 Å². The average molecular weight is 239 g/mol. The molecule has 0 aromatic heterocycles. The fourth-order valence-electron chi connectivity index (χ4n) is 1.23. The van der Waals surface area contributed by atoms with Crippen molar-refractivity contribution in [2.75, 3.05) is 18.1 Å². The first-order chi connectivity index (χ1) is 7.47. The van der Waals surface area contributed by atoms with Crippen LogP contribution in [-0.2, 0) is 0 Å². The first kappa shape index (κ1) is 13.2. The Labute approximate surface area is 103 Å². The Balaban J connectivity index is 2.17. The van der Waals surface area contributed by atoms with E-state index in [1.165, 1.54) is 0 Å². The fraction of sp³-hybridized carbons (Fsp3) is 0.538. The first-order valence-electron chi connectivity index (χ1n) is 5.60. The number of nitrogen functional groups attached to an aromatic ring is 1. The van der Waals surface area contributed by atoms with Crippen molar-refractivity contribution < 1.29 is 4.74 Å². The third-order valence-electron chi connectivity index (χ3n) is 1.95. The molecule has 1 aromatic rings. The van der Waals surface area contributed by atoms with Gasteiger partial charge >= 0.3 is 0 Å². The molecule has 0 bridgehead atoms. The van der Waals surface area contributed by atoms with Crippen molar-refractivity contribution >= 4 is 17.4 Å². The topological polar surface area (TPSA) is 35.2 Å². The van der Waals surface area contributed by atoms with E-state index in [1.54, 1.807) is 0 Å². The molecule has 90 valence electrons. The van der Waals surface area contributed by atoms with Gasteiger partial charge < -0.3 is 10.5 Å². The molecular weight excluding hydrogens is 218 g/mol. The Bertz CT molecular complexity index is 320. The van der Waals surface area contributed by atoms with Crippen molar-refractivity contribution in [3.63, 3.8) is 0 Å². The molecule has 0 aliphatic rings. The molecule has 3 heteroatoms. The van der Waals surface area contributed by atoms with Crippen LogP contribution in [0.1, 0.15) is 27.2 Å². The molecule has 0 heterocycles. The molecule has 2 nitrogen and oxygen atoms in total. The highest BCUT2D eigenvalue weighted by Crippen LogP contribution is 2.23. The average Bonchev–Trinajstić information content (AvgIpc) is 2.15. The number of anilines is 1. The zero-order chi connectivity index (χ0) is 12.0. The van der Waals surface area contributed by atoms with E-state index in [9.17, 15) is 0 Å². The molecule has 0 fully saturated rings. The van der Waals surface area contributed by atoms with Crippen molar-refractivity contribution in [2.24, 2.45) is 0 Å². The highest BCUT2D eigenvalue weighted by molar-refractivity contribution is 8.00. The largest absolute Gasteiger partial charge is 0.493 e. The second-order valence-electron chi connectivity index (χ2n) is 4.74. The van der Waals surface area contributed by atoms with Crippen LogP contribution >= 0.6 is 11.8 Å². The summed E-state index contributed by atoms with van der Waals surface area (Å²) < 4.78 is 5.95. The van der Waals surface area contributed by atoms with Crippen molar-refractivity contribution in [1.29, 1.82) is 0 Å². The van der Waals surface area contributed by atoms with Crippen molar-refractivity contribution in [2.45, 2.75) is 31.9 Å². The summed E-state index contributed by atoms with van der Waals surface area (Å²) in [4.78, 5) is 0. The molecule has 0 saturated heterocycles. The molecule has 16 heavy (non-hydrogen) atoms. The van der Waals surface area contributed by atoms with Crippen LogP contribution in [0.25, 0.3) is 0 Å². The number of hydrogen-bond donors (Lipinski definition) is 1. The molecule has 1 rings (SSSR count). The van der Waals surface area contributed by atoms with Gasteiger partial charge in [0.25, 0.3) is 0 Å². The van der Waals surface area contributed by atoms with E-state index in [-0.39, 0.29) is 0 Å². The zero-order valence-corrected chi connectivity index (χ0v) is 11.1. The third-order valence-corrected chi connectivity index (χ3v) is 3.31.